The van der Waals surface area contributed by atoms with Crippen LogP contribution in [0.5, 0.6) is 0 Å². The molecule has 0 spiro atoms. The number of carbonyl (C=O) groups is 1. The topological polar surface area (TPSA) is 59.2 Å². The van der Waals surface area contributed by atoms with Crippen molar-refractivity contribution in [2.24, 2.45) is 0 Å². The molecule has 1 saturated heterocycles. The fraction of sp³-hybridized carbons (Fsp3) is 0.350. The van der Waals surface area contributed by atoms with E-state index in [-0.39, 0.29) is 11.9 Å². The van der Waals surface area contributed by atoms with Crippen molar-refractivity contribution in [3.05, 3.63) is 48.6 Å². The average Bonchev–Trinajstić information content (AvgIpc) is 3.28. The number of amides is 1. The minimum atomic E-state index is -0.0340. The van der Waals surface area contributed by atoms with Crippen LogP contribution >= 0.6 is 0 Å². The molecule has 3 aromatic rings. The highest BCUT2D eigenvalue weighted by Gasteiger charge is 2.32. The first-order valence-electron chi connectivity index (χ1n) is 8.86. The quantitative estimate of drug-likeness (QED) is 0.711. The van der Waals surface area contributed by atoms with Crippen LogP contribution in [0.15, 0.2) is 47.1 Å². The number of hydrogen-bond donors (Lipinski definition) is 0. The van der Waals surface area contributed by atoms with Gasteiger partial charge in [-0.15, -0.1) is 0 Å². The van der Waals surface area contributed by atoms with Crippen LogP contribution in [0.4, 0.5) is 0 Å². The Morgan fingerprint density at radius 2 is 2.24 bits per heavy atom. The Bertz CT molecular complexity index is 888. The second kappa shape index (κ2) is 6.67. The van der Waals surface area contributed by atoms with E-state index < -0.39 is 0 Å². The van der Waals surface area contributed by atoms with E-state index >= 15 is 0 Å². The standard InChI is InChI=1S/C20H21N3O2/c1-2-5-19(24)23-11-4-7-17(23)20-22-16-12-14(8-9-18(16)25-20)15-6-3-10-21-13-15/h3,6,8-10,12-13,17H,2,4-5,7,11H2,1H3. The monoisotopic (exact) mass is 335 g/mol. The van der Waals surface area contributed by atoms with E-state index in [1.54, 1.807) is 6.20 Å². The predicted molar refractivity (Wildman–Crippen MR) is 95.8 cm³/mol. The number of pyridine rings is 1. The van der Waals surface area contributed by atoms with Gasteiger partial charge in [-0.25, -0.2) is 4.98 Å². The molecule has 1 atom stereocenters. The summed E-state index contributed by atoms with van der Waals surface area (Å²) in [5.41, 5.74) is 3.70. The van der Waals surface area contributed by atoms with Gasteiger partial charge < -0.3 is 9.32 Å². The second-order valence-corrected chi connectivity index (χ2v) is 6.47. The fourth-order valence-corrected chi connectivity index (χ4v) is 3.48. The summed E-state index contributed by atoms with van der Waals surface area (Å²) in [5.74, 6) is 0.851. The first-order chi connectivity index (χ1) is 12.3. The number of hydrogen-bond acceptors (Lipinski definition) is 4. The fourth-order valence-electron chi connectivity index (χ4n) is 3.48. The summed E-state index contributed by atoms with van der Waals surface area (Å²) in [6.07, 6.45) is 6.96. The smallest absolute Gasteiger partial charge is 0.223 e. The predicted octanol–water partition coefficient (Wildman–Crippen LogP) is 4.35. The van der Waals surface area contributed by atoms with E-state index in [1.165, 1.54) is 0 Å². The molecule has 0 saturated carbocycles. The normalized spacial score (nSPS) is 17.3. The van der Waals surface area contributed by atoms with Gasteiger partial charge >= 0.3 is 0 Å². The van der Waals surface area contributed by atoms with E-state index in [0.717, 1.165) is 48.0 Å². The Hall–Kier alpha value is -2.69. The van der Waals surface area contributed by atoms with Crippen LogP contribution in [-0.4, -0.2) is 27.3 Å². The van der Waals surface area contributed by atoms with Crippen LogP contribution in [0, 0.1) is 0 Å². The number of nitrogens with zero attached hydrogens (tertiary/aromatic N) is 3. The molecule has 4 rings (SSSR count). The first kappa shape index (κ1) is 15.8. The summed E-state index contributed by atoms with van der Waals surface area (Å²) >= 11 is 0. The largest absolute Gasteiger partial charge is 0.438 e. The van der Waals surface area contributed by atoms with E-state index in [9.17, 15) is 4.79 Å². The number of oxazole rings is 1. The van der Waals surface area contributed by atoms with Gasteiger partial charge in [0, 0.05) is 30.9 Å². The Balaban J connectivity index is 1.66. The van der Waals surface area contributed by atoms with Crippen molar-refractivity contribution in [1.29, 1.82) is 0 Å². The van der Waals surface area contributed by atoms with Gasteiger partial charge in [0.1, 0.15) is 11.6 Å². The summed E-state index contributed by atoms with van der Waals surface area (Å²) in [4.78, 5) is 23.1. The Morgan fingerprint density at radius 1 is 1.32 bits per heavy atom. The lowest BCUT2D eigenvalue weighted by Gasteiger charge is -2.21. The molecule has 5 nitrogen and oxygen atoms in total. The summed E-state index contributed by atoms with van der Waals surface area (Å²) in [5, 5.41) is 0. The maximum absolute atomic E-state index is 12.3. The number of carbonyl (C=O) groups excluding carboxylic acids is 1. The molecule has 1 aliphatic rings. The third kappa shape index (κ3) is 3.02. The molecule has 1 aliphatic heterocycles. The molecule has 1 aromatic carbocycles. The average molecular weight is 335 g/mol. The van der Waals surface area contributed by atoms with Gasteiger partial charge in [0.05, 0.1) is 0 Å². The number of aromatic nitrogens is 2. The zero-order chi connectivity index (χ0) is 17.2. The highest BCUT2D eigenvalue weighted by atomic mass is 16.3. The maximum Gasteiger partial charge on any atom is 0.223 e. The molecule has 1 amide bonds. The van der Waals surface area contributed by atoms with Gasteiger partial charge in [0.15, 0.2) is 5.58 Å². The summed E-state index contributed by atoms with van der Waals surface area (Å²) < 4.78 is 5.98. The summed E-state index contributed by atoms with van der Waals surface area (Å²) in [6.45, 7) is 2.82. The summed E-state index contributed by atoms with van der Waals surface area (Å²) in [7, 11) is 0. The molecule has 1 fully saturated rings. The molecular formula is C20H21N3O2. The van der Waals surface area contributed by atoms with Crippen LogP contribution in [0.25, 0.3) is 22.2 Å². The lowest BCUT2D eigenvalue weighted by molar-refractivity contribution is -0.132. The van der Waals surface area contributed by atoms with Crippen molar-refractivity contribution in [2.75, 3.05) is 6.54 Å². The molecule has 5 heteroatoms. The van der Waals surface area contributed by atoms with Gasteiger partial charge in [-0.2, -0.15) is 0 Å². The molecule has 0 N–H and O–H groups in total. The van der Waals surface area contributed by atoms with Crippen molar-refractivity contribution in [1.82, 2.24) is 14.9 Å². The van der Waals surface area contributed by atoms with E-state index in [1.807, 2.05) is 48.4 Å². The Labute approximate surface area is 146 Å². The van der Waals surface area contributed by atoms with Crippen LogP contribution in [-0.2, 0) is 4.79 Å². The zero-order valence-electron chi connectivity index (χ0n) is 14.3. The van der Waals surface area contributed by atoms with E-state index in [2.05, 4.69) is 4.98 Å². The SMILES string of the molecule is CCCC(=O)N1CCCC1c1nc2cc(-c3cccnc3)ccc2o1. The van der Waals surface area contributed by atoms with Crippen LogP contribution < -0.4 is 0 Å². The van der Waals surface area contributed by atoms with Crippen LogP contribution in [0.2, 0.25) is 0 Å². The number of fused-ring (bicyclic) bond motifs is 1. The molecule has 0 radical (unpaired) electrons. The minimum absolute atomic E-state index is 0.0340. The van der Waals surface area contributed by atoms with Crippen molar-refractivity contribution < 1.29 is 9.21 Å². The molecule has 1 unspecified atom stereocenters. The van der Waals surface area contributed by atoms with Crippen molar-refractivity contribution in [3.63, 3.8) is 0 Å². The number of likely N-dealkylation sites (tertiary alicyclic amines) is 1. The molecule has 128 valence electrons. The van der Waals surface area contributed by atoms with Crippen molar-refractivity contribution >= 4 is 17.0 Å². The highest BCUT2D eigenvalue weighted by Crippen LogP contribution is 2.34. The molecule has 0 aliphatic carbocycles. The third-order valence-electron chi connectivity index (χ3n) is 4.72. The molecule has 3 heterocycles. The van der Waals surface area contributed by atoms with E-state index in [4.69, 9.17) is 9.40 Å². The highest BCUT2D eigenvalue weighted by molar-refractivity contribution is 5.80. The number of rotatable bonds is 4. The maximum atomic E-state index is 12.3. The van der Waals surface area contributed by atoms with Gasteiger partial charge in [0.25, 0.3) is 0 Å². The lowest BCUT2D eigenvalue weighted by atomic mass is 10.1. The first-order valence-corrected chi connectivity index (χ1v) is 8.86. The molecule has 2 aromatic heterocycles. The Kier molecular flexibility index (Phi) is 4.22. The third-order valence-corrected chi connectivity index (χ3v) is 4.72. The number of benzene rings is 1. The zero-order valence-corrected chi connectivity index (χ0v) is 14.3. The second-order valence-electron chi connectivity index (χ2n) is 6.47. The molecule has 0 bridgehead atoms. The van der Waals surface area contributed by atoms with Crippen molar-refractivity contribution in [3.8, 4) is 11.1 Å². The molecular weight excluding hydrogens is 314 g/mol. The van der Waals surface area contributed by atoms with Gasteiger partial charge in [-0.3, -0.25) is 9.78 Å². The lowest BCUT2D eigenvalue weighted by Crippen LogP contribution is -2.30. The van der Waals surface area contributed by atoms with Gasteiger partial charge in [-0.05, 0) is 43.0 Å². The van der Waals surface area contributed by atoms with Gasteiger partial charge in [-0.1, -0.05) is 19.1 Å². The Morgan fingerprint density at radius 3 is 3.04 bits per heavy atom. The van der Waals surface area contributed by atoms with Gasteiger partial charge in [0.2, 0.25) is 11.8 Å². The minimum Gasteiger partial charge on any atom is -0.438 e. The van der Waals surface area contributed by atoms with Crippen LogP contribution in [0.3, 0.4) is 0 Å². The molecule has 25 heavy (non-hydrogen) atoms. The van der Waals surface area contributed by atoms with E-state index in [0.29, 0.717) is 12.3 Å². The summed E-state index contributed by atoms with van der Waals surface area (Å²) in [6, 6.07) is 9.89. The van der Waals surface area contributed by atoms with Crippen molar-refractivity contribution in [2.45, 2.75) is 38.6 Å². The van der Waals surface area contributed by atoms with Crippen LogP contribution in [0.1, 0.15) is 44.5 Å².